The summed E-state index contributed by atoms with van der Waals surface area (Å²) in [5.74, 6) is -0.890. The Morgan fingerprint density at radius 1 is 1.62 bits per heavy atom. The van der Waals surface area contributed by atoms with Crippen molar-refractivity contribution in [3.05, 3.63) is 0 Å². The van der Waals surface area contributed by atoms with Crippen molar-refractivity contribution in [2.75, 3.05) is 26.8 Å². The second-order valence-electron chi connectivity index (χ2n) is 3.54. The summed E-state index contributed by atoms with van der Waals surface area (Å²) in [6, 6.07) is 0.410. The Hall–Kier alpha value is -0.610. The van der Waals surface area contributed by atoms with Gasteiger partial charge in [0.15, 0.2) is 0 Å². The first-order valence-electron chi connectivity index (χ1n) is 4.70. The van der Waals surface area contributed by atoms with Gasteiger partial charge in [0, 0.05) is 6.04 Å². The van der Waals surface area contributed by atoms with Crippen LogP contribution in [0.15, 0.2) is 0 Å². The molecule has 0 radical (unpaired) electrons. The van der Waals surface area contributed by atoms with E-state index in [0.717, 1.165) is 13.0 Å². The number of carbonyl (C=O) groups is 1. The minimum atomic E-state index is -0.890. The molecule has 0 amide bonds. The van der Waals surface area contributed by atoms with Crippen molar-refractivity contribution in [3.8, 4) is 0 Å². The van der Waals surface area contributed by atoms with Crippen LogP contribution in [0.1, 0.15) is 19.3 Å². The maximum atomic E-state index is 10.2. The number of hydrogen-bond donors (Lipinski definition) is 1. The maximum Gasteiger partial charge on any atom is 0.329 e. The molecular formula is C9H17NO3. The minimum absolute atomic E-state index is 0.176. The first-order valence-corrected chi connectivity index (χ1v) is 4.70. The van der Waals surface area contributed by atoms with Crippen LogP contribution in [-0.4, -0.2) is 48.8 Å². The second-order valence-corrected chi connectivity index (χ2v) is 3.54. The molecule has 76 valence electrons. The molecule has 1 N–H and O–H groups in total. The Kier molecular flexibility index (Phi) is 4.18. The summed E-state index contributed by atoms with van der Waals surface area (Å²) >= 11 is 0. The van der Waals surface area contributed by atoms with Gasteiger partial charge in [-0.05, 0) is 26.4 Å². The van der Waals surface area contributed by atoms with Gasteiger partial charge in [-0.1, -0.05) is 6.42 Å². The first-order chi connectivity index (χ1) is 6.20. The standard InChI is InChI=1S/C9H17NO3/c1-10-5-3-2-4-8(10)6-13-7-9(11)12/h8H,2-7H2,1H3,(H,11,12)/t8-/m0/s1. The van der Waals surface area contributed by atoms with Gasteiger partial charge in [0.25, 0.3) is 0 Å². The van der Waals surface area contributed by atoms with Crippen LogP contribution in [0.2, 0.25) is 0 Å². The van der Waals surface area contributed by atoms with E-state index in [1.165, 1.54) is 12.8 Å². The van der Waals surface area contributed by atoms with E-state index in [1.54, 1.807) is 0 Å². The van der Waals surface area contributed by atoms with Gasteiger partial charge in [-0.25, -0.2) is 4.79 Å². The van der Waals surface area contributed by atoms with E-state index in [9.17, 15) is 4.79 Å². The predicted molar refractivity (Wildman–Crippen MR) is 48.7 cm³/mol. The molecule has 4 nitrogen and oxygen atoms in total. The highest BCUT2D eigenvalue weighted by molar-refractivity contribution is 5.67. The number of carboxylic acid groups (broad SMARTS) is 1. The second kappa shape index (κ2) is 5.19. The quantitative estimate of drug-likeness (QED) is 0.699. The van der Waals surface area contributed by atoms with E-state index in [4.69, 9.17) is 9.84 Å². The monoisotopic (exact) mass is 187 g/mol. The van der Waals surface area contributed by atoms with Gasteiger partial charge in [0.05, 0.1) is 6.61 Å². The first kappa shape index (κ1) is 10.5. The molecule has 0 unspecified atom stereocenters. The van der Waals surface area contributed by atoms with Gasteiger partial charge in [-0.15, -0.1) is 0 Å². The van der Waals surface area contributed by atoms with Gasteiger partial charge < -0.3 is 14.7 Å². The topological polar surface area (TPSA) is 49.8 Å². The smallest absolute Gasteiger partial charge is 0.329 e. The molecule has 0 aromatic heterocycles. The summed E-state index contributed by atoms with van der Waals surface area (Å²) in [5.41, 5.74) is 0. The zero-order valence-electron chi connectivity index (χ0n) is 8.03. The summed E-state index contributed by atoms with van der Waals surface area (Å²) in [5, 5.41) is 8.37. The Balaban J connectivity index is 2.15. The fourth-order valence-corrected chi connectivity index (χ4v) is 1.64. The number of aliphatic carboxylic acids is 1. The molecule has 1 fully saturated rings. The van der Waals surface area contributed by atoms with Gasteiger partial charge in [-0.3, -0.25) is 0 Å². The molecule has 0 saturated carbocycles. The van der Waals surface area contributed by atoms with Crippen LogP contribution in [0.5, 0.6) is 0 Å². The largest absolute Gasteiger partial charge is 0.480 e. The lowest BCUT2D eigenvalue weighted by Gasteiger charge is -2.31. The number of hydrogen-bond acceptors (Lipinski definition) is 3. The van der Waals surface area contributed by atoms with E-state index >= 15 is 0 Å². The summed E-state index contributed by atoms with van der Waals surface area (Å²) in [4.78, 5) is 12.4. The van der Waals surface area contributed by atoms with Crippen molar-refractivity contribution in [2.24, 2.45) is 0 Å². The number of nitrogens with zero attached hydrogens (tertiary/aromatic N) is 1. The van der Waals surface area contributed by atoms with E-state index in [2.05, 4.69) is 11.9 Å². The number of carboxylic acids is 1. The number of ether oxygens (including phenoxy) is 1. The van der Waals surface area contributed by atoms with Crippen molar-refractivity contribution in [3.63, 3.8) is 0 Å². The van der Waals surface area contributed by atoms with E-state index in [0.29, 0.717) is 12.6 Å². The van der Waals surface area contributed by atoms with Crippen LogP contribution in [0.3, 0.4) is 0 Å². The van der Waals surface area contributed by atoms with Gasteiger partial charge in [0.1, 0.15) is 6.61 Å². The number of likely N-dealkylation sites (N-methyl/N-ethyl adjacent to an activating group) is 1. The van der Waals surface area contributed by atoms with Crippen LogP contribution in [0, 0.1) is 0 Å². The molecule has 1 heterocycles. The van der Waals surface area contributed by atoms with Crippen LogP contribution in [0.4, 0.5) is 0 Å². The fraction of sp³-hybridized carbons (Fsp3) is 0.889. The molecule has 0 spiro atoms. The minimum Gasteiger partial charge on any atom is -0.480 e. The van der Waals surface area contributed by atoms with Crippen LogP contribution >= 0.6 is 0 Å². The molecule has 1 saturated heterocycles. The summed E-state index contributed by atoms with van der Waals surface area (Å²) in [6.45, 7) is 1.47. The Labute approximate surface area is 78.5 Å². The van der Waals surface area contributed by atoms with Gasteiger partial charge in [-0.2, -0.15) is 0 Å². The maximum absolute atomic E-state index is 10.2. The number of likely N-dealkylation sites (tertiary alicyclic amines) is 1. The zero-order chi connectivity index (χ0) is 9.68. The van der Waals surface area contributed by atoms with Gasteiger partial charge in [0.2, 0.25) is 0 Å². The number of rotatable bonds is 4. The lowest BCUT2D eigenvalue weighted by molar-refractivity contribution is -0.142. The molecule has 0 aromatic carbocycles. The van der Waals surface area contributed by atoms with Crippen LogP contribution < -0.4 is 0 Å². The van der Waals surface area contributed by atoms with Crippen molar-refractivity contribution in [1.29, 1.82) is 0 Å². The Morgan fingerprint density at radius 2 is 2.38 bits per heavy atom. The third kappa shape index (κ3) is 3.74. The van der Waals surface area contributed by atoms with Crippen molar-refractivity contribution in [1.82, 2.24) is 4.90 Å². The molecule has 4 heteroatoms. The predicted octanol–water partition coefficient (Wildman–Crippen LogP) is 0.572. The molecule has 1 aliphatic heterocycles. The molecule has 0 aliphatic carbocycles. The highest BCUT2D eigenvalue weighted by Gasteiger charge is 2.18. The molecule has 0 aromatic rings. The Morgan fingerprint density at radius 3 is 3.00 bits per heavy atom. The molecular weight excluding hydrogens is 170 g/mol. The average Bonchev–Trinajstić information content (AvgIpc) is 2.08. The highest BCUT2D eigenvalue weighted by Crippen LogP contribution is 2.14. The summed E-state index contributed by atoms with van der Waals surface area (Å²) in [7, 11) is 2.06. The normalized spacial score (nSPS) is 24.5. The van der Waals surface area contributed by atoms with E-state index in [-0.39, 0.29) is 6.61 Å². The van der Waals surface area contributed by atoms with E-state index in [1.807, 2.05) is 0 Å². The molecule has 0 bridgehead atoms. The van der Waals surface area contributed by atoms with Crippen molar-refractivity contribution < 1.29 is 14.6 Å². The Bertz CT molecular complexity index is 172. The third-order valence-corrected chi connectivity index (χ3v) is 2.46. The van der Waals surface area contributed by atoms with Crippen molar-refractivity contribution in [2.45, 2.75) is 25.3 Å². The average molecular weight is 187 g/mol. The van der Waals surface area contributed by atoms with Crippen LogP contribution in [0.25, 0.3) is 0 Å². The summed E-state index contributed by atoms with van der Waals surface area (Å²) < 4.78 is 5.06. The van der Waals surface area contributed by atoms with Gasteiger partial charge >= 0.3 is 5.97 Å². The van der Waals surface area contributed by atoms with Crippen molar-refractivity contribution >= 4 is 5.97 Å². The molecule has 1 aliphatic rings. The van der Waals surface area contributed by atoms with Crippen LogP contribution in [-0.2, 0) is 9.53 Å². The molecule has 1 atom stereocenters. The number of piperidine rings is 1. The van der Waals surface area contributed by atoms with E-state index < -0.39 is 5.97 Å². The third-order valence-electron chi connectivity index (χ3n) is 2.46. The SMILES string of the molecule is CN1CCCC[C@H]1COCC(=O)O. The lowest BCUT2D eigenvalue weighted by atomic mass is 10.0. The highest BCUT2D eigenvalue weighted by atomic mass is 16.5. The summed E-state index contributed by atoms with van der Waals surface area (Å²) in [6.07, 6.45) is 3.59. The molecule has 13 heavy (non-hydrogen) atoms. The molecule has 1 rings (SSSR count). The zero-order valence-corrected chi connectivity index (χ0v) is 8.03. The lowest BCUT2D eigenvalue weighted by Crippen LogP contribution is -2.39. The fourth-order valence-electron chi connectivity index (χ4n) is 1.64.